The smallest absolute Gasteiger partial charge is 0.222 e. The topological polar surface area (TPSA) is 57.7 Å². The Balaban J connectivity index is 2.49. The van der Waals surface area contributed by atoms with Crippen molar-refractivity contribution in [3.63, 3.8) is 0 Å². The van der Waals surface area contributed by atoms with E-state index in [1.165, 1.54) is 4.31 Å². The molecule has 0 bridgehead atoms. The summed E-state index contributed by atoms with van der Waals surface area (Å²) in [6.07, 6.45) is 2.08. The Morgan fingerprint density at radius 3 is 2.18 bits per heavy atom. The van der Waals surface area contributed by atoms with Gasteiger partial charge >= 0.3 is 0 Å². The maximum absolute atomic E-state index is 11.9. The van der Waals surface area contributed by atoms with E-state index in [-0.39, 0.29) is 11.7 Å². The van der Waals surface area contributed by atoms with Gasteiger partial charge in [-0.2, -0.15) is 4.31 Å². The first-order valence-corrected chi connectivity index (χ1v) is 7.87. The number of nitrogens with zero attached hydrogens (tertiary/aromatic N) is 2. The first kappa shape index (κ1) is 14.4. The molecule has 1 fully saturated rings. The Morgan fingerprint density at radius 2 is 1.71 bits per heavy atom. The van der Waals surface area contributed by atoms with Crippen LogP contribution in [0.1, 0.15) is 33.1 Å². The standard InChI is InChI=1S/C11H22N2O3S/c1-3-5-10-17(15,16)13-8-6-12(7-9-13)11(14)4-2/h3-10H2,1-2H3. The van der Waals surface area contributed by atoms with E-state index in [4.69, 9.17) is 0 Å². The van der Waals surface area contributed by atoms with Crippen molar-refractivity contribution in [2.24, 2.45) is 0 Å². The molecule has 1 saturated heterocycles. The Hall–Kier alpha value is -0.620. The first-order valence-electron chi connectivity index (χ1n) is 6.26. The summed E-state index contributed by atoms with van der Waals surface area (Å²) in [5.74, 6) is 0.334. The molecule has 1 amide bonds. The van der Waals surface area contributed by atoms with Crippen LogP contribution in [0.5, 0.6) is 0 Å². The molecule has 1 rings (SSSR count). The van der Waals surface area contributed by atoms with Crippen LogP contribution in [0.4, 0.5) is 0 Å². The number of hydrogen-bond donors (Lipinski definition) is 0. The van der Waals surface area contributed by atoms with Crippen LogP contribution in [0.2, 0.25) is 0 Å². The highest BCUT2D eigenvalue weighted by atomic mass is 32.2. The first-order chi connectivity index (χ1) is 8.01. The Bertz CT molecular complexity index is 346. The van der Waals surface area contributed by atoms with E-state index in [0.29, 0.717) is 39.0 Å². The average molecular weight is 262 g/mol. The van der Waals surface area contributed by atoms with Crippen molar-refractivity contribution < 1.29 is 13.2 Å². The molecule has 0 aliphatic carbocycles. The summed E-state index contributed by atoms with van der Waals surface area (Å²) < 4.78 is 25.3. The molecule has 0 aromatic rings. The molecular formula is C11H22N2O3S. The molecule has 0 aromatic carbocycles. The highest BCUT2D eigenvalue weighted by molar-refractivity contribution is 7.89. The summed E-state index contributed by atoms with van der Waals surface area (Å²) in [6, 6.07) is 0. The number of rotatable bonds is 5. The summed E-state index contributed by atoms with van der Waals surface area (Å²) in [7, 11) is -3.11. The van der Waals surface area contributed by atoms with Gasteiger partial charge in [0.25, 0.3) is 0 Å². The predicted octanol–water partition coefficient (Wildman–Crippen LogP) is 0.671. The number of carbonyl (C=O) groups is 1. The SMILES string of the molecule is CCCCS(=O)(=O)N1CCN(C(=O)CC)CC1. The molecule has 0 N–H and O–H groups in total. The van der Waals surface area contributed by atoms with E-state index in [0.717, 1.165) is 6.42 Å². The molecule has 100 valence electrons. The zero-order valence-corrected chi connectivity index (χ0v) is 11.5. The van der Waals surface area contributed by atoms with Gasteiger partial charge in [0.2, 0.25) is 15.9 Å². The molecule has 5 nitrogen and oxygen atoms in total. The number of hydrogen-bond acceptors (Lipinski definition) is 3. The summed E-state index contributed by atoms with van der Waals surface area (Å²) in [5.41, 5.74) is 0. The van der Waals surface area contributed by atoms with Crippen LogP contribution in [-0.2, 0) is 14.8 Å². The lowest BCUT2D eigenvalue weighted by Crippen LogP contribution is -2.50. The molecule has 0 spiro atoms. The average Bonchev–Trinajstić information content (AvgIpc) is 2.35. The van der Waals surface area contributed by atoms with Crippen molar-refractivity contribution in [1.82, 2.24) is 9.21 Å². The normalized spacial score (nSPS) is 18.4. The van der Waals surface area contributed by atoms with Crippen LogP contribution in [0.25, 0.3) is 0 Å². The Morgan fingerprint density at radius 1 is 1.12 bits per heavy atom. The van der Waals surface area contributed by atoms with Crippen LogP contribution < -0.4 is 0 Å². The van der Waals surface area contributed by atoms with Crippen LogP contribution in [0.15, 0.2) is 0 Å². The lowest BCUT2D eigenvalue weighted by Gasteiger charge is -2.33. The highest BCUT2D eigenvalue weighted by Crippen LogP contribution is 2.10. The van der Waals surface area contributed by atoms with Gasteiger partial charge in [-0.15, -0.1) is 0 Å². The number of piperazine rings is 1. The second kappa shape index (κ2) is 6.35. The molecule has 6 heteroatoms. The predicted molar refractivity (Wildman–Crippen MR) is 67.1 cm³/mol. The third-order valence-corrected chi connectivity index (χ3v) is 5.00. The fourth-order valence-electron chi connectivity index (χ4n) is 1.90. The van der Waals surface area contributed by atoms with Gasteiger partial charge in [0, 0.05) is 32.6 Å². The molecule has 0 unspecified atom stereocenters. The lowest BCUT2D eigenvalue weighted by atomic mass is 10.3. The zero-order valence-electron chi connectivity index (χ0n) is 10.7. The van der Waals surface area contributed by atoms with Gasteiger partial charge in [0.15, 0.2) is 0 Å². The van der Waals surface area contributed by atoms with Gasteiger partial charge in [-0.05, 0) is 6.42 Å². The van der Waals surface area contributed by atoms with E-state index in [1.54, 1.807) is 4.90 Å². The minimum absolute atomic E-state index is 0.107. The second-order valence-corrected chi connectivity index (χ2v) is 6.39. The maximum Gasteiger partial charge on any atom is 0.222 e. The fraction of sp³-hybridized carbons (Fsp3) is 0.909. The Kier molecular flexibility index (Phi) is 5.39. The summed E-state index contributed by atoms with van der Waals surface area (Å²) >= 11 is 0. The van der Waals surface area contributed by atoms with Gasteiger partial charge in [-0.1, -0.05) is 20.3 Å². The number of amides is 1. The quantitative estimate of drug-likeness (QED) is 0.732. The van der Waals surface area contributed by atoms with Gasteiger partial charge in [-0.25, -0.2) is 8.42 Å². The third-order valence-electron chi connectivity index (χ3n) is 3.04. The van der Waals surface area contributed by atoms with Crippen molar-refractivity contribution in [1.29, 1.82) is 0 Å². The number of unbranched alkanes of at least 4 members (excludes halogenated alkanes) is 1. The van der Waals surface area contributed by atoms with Crippen molar-refractivity contribution in [3.05, 3.63) is 0 Å². The summed E-state index contributed by atoms with van der Waals surface area (Å²) in [6.45, 7) is 5.74. The van der Waals surface area contributed by atoms with Crippen molar-refractivity contribution in [3.8, 4) is 0 Å². The molecule has 17 heavy (non-hydrogen) atoms. The Labute approximate surface area is 104 Å². The molecule has 0 saturated carbocycles. The van der Waals surface area contributed by atoms with E-state index in [2.05, 4.69) is 0 Å². The minimum Gasteiger partial charge on any atom is -0.340 e. The van der Waals surface area contributed by atoms with Crippen LogP contribution >= 0.6 is 0 Å². The van der Waals surface area contributed by atoms with Crippen molar-refractivity contribution in [2.45, 2.75) is 33.1 Å². The van der Waals surface area contributed by atoms with E-state index >= 15 is 0 Å². The largest absolute Gasteiger partial charge is 0.340 e. The summed E-state index contributed by atoms with van der Waals surface area (Å²) in [5, 5.41) is 0. The van der Waals surface area contributed by atoms with E-state index < -0.39 is 10.0 Å². The molecule has 0 atom stereocenters. The van der Waals surface area contributed by atoms with Crippen LogP contribution in [-0.4, -0.2) is 55.5 Å². The molecule has 0 aromatic heterocycles. The second-order valence-electron chi connectivity index (χ2n) is 4.30. The van der Waals surface area contributed by atoms with Gasteiger partial charge in [-0.3, -0.25) is 4.79 Å². The number of carbonyl (C=O) groups excluding carboxylic acids is 1. The van der Waals surface area contributed by atoms with Gasteiger partial charge < -0.3 is 4.90 Å². The van der Waals surface area contributed by atoms with Gasteiger partial charge in [0.1, 0.15) is 0 Å². The monoisotopic (exact) mass is 262 g/mol. The molecular weight excluding hydrogens is 240 g/mol. The fourth-order valence-corrected chi connectivity index (χ4v) is 3.53. The van der Waals surface area contributed by atoms with Crippen LogP contribution in [0.3, 0.4) is 0 Å². The van der Waals surface area contributed by atoms with Crippen LogP contribution in [0, 0.1) is 0 Å². The van der Waals surface area contributed by atoms with Crippen molar-refractivity contribution in [2.75, 3.05) is 31.9 Å². The third kappa shape index (κ3) is 3.96. The van der Waals surface area contributed by atoms with E-state index in [1.807, 2.05) is 13.8 Å². The van der Waals surface area contributed by atoms with E-state index in [9.17, 15) is 13.2 Å². The van der Waals surface area contributed by atoms with Crippen molar-refractivity contribution >= 4 is 15.9 Å². The zero-order chi connectivity index (χ0) is 12.9. The van der Waals surface area contributed by atoms with Gasteiger partial charge in [0.05, 0.1) is 5.75 Å². The highest BCUT2D eigenvalue weighted by Gasteiger charge is 2.27. The molecule has 1 heterocycles. The number of sulfonamides is 1. The maximum atomic E-state index is 11.9. The minimum atomic E-state index is -3.11. The summed E-state index contributed by atoms with van der Waals surface area (Å²) in [4.78, 5) is 13.2. The lowest BCUT2D eigenvalue weighted by molar-refractivity contribution is -0.132. The molecule has 1 aliphatic rings. The molecule has 0 radical (unpaired) electrons. The molecule has 1 aliphatic heterocycles.